The number of benzene rings is 3. The molecular formula is C59H74B3Cl3N8O15S2. The van der Waals surface area contributed by atoms with E-state index in [9.17, 15) is 43.7 Å². The van der Waals surface area contributed by atoms with Crippen LogP contribution in [-0.4, -0.2) is 118 Å². The van der Waals surface area contributed by atoms with Gasteiger partial charge in [0.1, 0.15) is 41.4 Å². The molecule has 3 aliphatic carbocycles. The third-order valence-corrected chi connectivity index (χ3v) is 17.5. The van der Waals surface area contributed by atoms with E-state index in [0.29, 0.717) is 41.6 Å². The number of urea groups is 2. The van der Waals surface area contributed by atoms with Gasteiger partial charge in [0.25, 0.3) is 0 Å². The first kappa shape index (κ1) is 70.8. The summed E-state index contributed by atoms with van der Waals surface area (Å²) in [6.45, 7) is 16.4. The fourth-order valence-corrected chi connectivity index (χ4v) is 13.1. The standard InChI is InChI=1S/C41H53BN4O9S.C18H21BN4O6S.BCl3/c1-9-43-36(49)45-33(29-23-56-37(44-29)46-38(50)52-22-24-14-11-10-12-15-24)30(47)21-27(42-54-32-20-26-19-31(40(26,5)6)41(32,7)55-42)18-25-16-13-17-28(34(25)51-8)35(48)53-39(2,3)4;1-2-21-18(27)23-14(12-8-30-17(20)22-12)13(24)7-10-6-9-4-3-5-11(16(25)26)15(9)29-19(10)28;2-1(3)4/h10-17,23,26-27,31-33H,9,18-22H2,1-8H3,(H2,43,45,49)(H,44,46,50);3-5,8,10,14,28H,2,6-7H2,1H3,(H2,20,22)(H,25,26)(H2,21,23,27);/t26-,27+,31-,32?,33?,41-;10-,14?;/m01./s1. The Bertz CT molecular complexity index is 3360. The summed E-state index contributed by atoms with van der Waals surface area (Å²) in [6.07, 6.45) is 1.37. The van der Waals surface area contributed by atoms with E-state index in [0.717, 1.165) is 41.1 Å². The van der Waals surface area contributed by atoms with E-state index in [-0.39, 0.29) is 94.1 Å². The van der Waals surface area contributed by atoms with Crippen molar-refractivity contribution >= 4 is 128 Å². The maximum atomic E-state index is 14.6. The number of aromatic carboxylic acids is 1. The van der Waals surface area contributed by atoms with E-state index >= 15 is 0 Å². The smallest absolute Gasteiger partial charge is 0.526 e. The Morgan fingerprint density at radius 1 is 0.856 bits per heavy atom. The number of aromatic nitrogens is 2. The number of carbonyl (C=O) groups is 7. The summed E-state index contributed by atoms with van der Waals surface area (Å²) in [4.78, 5) is 97.7. The number of carbonyl (C=O) groups excluding carboxylic acids is 6. The fourth-order valence-electron chi connectivity index (χ4n) is 11.8. The first-order chi connectivity index (χ1) is 42.5. The van der Waals surface area contributed by atoms with Crippen LogP contribution in [0.15, 0.2) is 77.5 Å². The van der Waals surface area contributed by atoms with Gasteiger partial charge in [-0.2, -0.15) is 34.4 Å². The molecule has 9 N–H and O–H groups in total. The zero-order valence-electron chi connectivity index (χ0n) is 51.3. The number of nitrogens with zero attached hydrogens (tertiary/aromatic N) is 2. The van der Waals surface area contributed by atoms with Gasteiger partial charge >= 0.3 is 49.3 Å². The minimum atomic E-state index is -1.37. The van der Waals surface area contributed by atoms with Gasteiger partial charge in [0.05, 0.1) is 35.8 Å². The van der Waals surface area contributed by atoms with Crippen LogP contribution in [-0.2, 0) is 47.8 Å². The number of halogens is 3. The number of methoxy groups -OCH3 is 1. The highest BCUT2D eigenvalue weighted by Crippen LogP contribution is 2.66. The van der Waals surface area contributed by atoms with Crippen molar-refractivity contribution in [1.29, 1.82) is 0 Å². The summed E-state index contributed by atoms with van der Waals surface area (Å²) < 4.78 is 36.0. The van der Waals surface area contributed by atoms with Crippen LogP contribution in [0.2, 0.25) is 11.6 Å². The SMILES string of the molecule is CCNC(=O)NC(C(=O)C[C@@H](Cc1cccc(C(=O)OC(C)(C)C)c1OC)B1OC2C[C@@H]3C[C@@H](C3(C)C)[C@]2(C)O1)c1csc(NC(=O)OCc2ccccc2)n1.CCNC(=O)NC(C(=O)C[C@H]1Cc2cccc(C(=O)O)c2OB1O)c1csc(N)n1.ClB(Cl)Cl. The molecule has 2 bridgehead atoms. The first-order valence-electron chi connectivity index (χ1n) is 29.2. The predicted octanol–water partition coefficient (Wildman–Crippen LogP) is 10.4. The highest BCUT2D eigenvalue weighted by Gasteiger charge is 2.68. The number of Topliss-reactive ketones (excluding diaryl/α,β-unsaturated/α-hetero) is 2. The van der Waals surface area contributed by atoms with Crippen LogP contribution in [0.4, 0.5) is 24.6 Å². The first-order valence-corrected chi connectivity index (χ1v) is 32.2. The molecule has 23 nitrogen and oxygen atoms in total. The lowest BCUT2D eigenvalue weighted by atomic mass is 9.43. The van der Waals surface area contributed by atoms with Crippen molar-refractivity contribution in [2.75, 3.05) is 31.2 Å². The van der Waals surface area contributed by atoms with Crippen molar-refractivity contribution in [3.63, 3.8) is 0 Å². The number of carboxylic acid groups (broad SMARTS) is 1. The Balaban J connectivity index is 0.000000283. The molecule has 8 atom stereocenters. The molecule has 4 heterocycles. The summed E-state index contributed by atoms with van der Waals surface area (Å²) in [5.41, 5.74) is 7.37. The number of nitrogen functional groups attached to an aromatic ring is 1. The molecule has 2 aliphatic heterocycles. The molecule has 90 heavy (non-hydrogen) atoms. The van der Waals surface area contributed by atoms with E-state index in [1.807, 2.05) is 36.4 Å². The Morgan fingerprint density at radius 3 is 2.08 bits per heavy atom. The van der Waals surface area contributed by atoms with E-state index < -0.39 is 84.2 Å². The van der Waals surface area contributed by atoms with E-state index in [2.05, 4.69) is 57.3 Å². The van der Waals surface area contributed by atoms with Crippen molar-refractivity contribution in [2.24, 2.45) is 17.3 Å². The zero-order valence-corrected chi connectivity index (χ0v) is 55.2. The number of anilines is 2. The van der Waals surface area contributed by atoms with Gasteiger partial charge in [-0.05, 0) is 113 Å². The van der Waals surface area contributed by atoms with Gasteiger partial charge in [0.2, 0.25) is 0 Å². The van der Waals surface area contributed by atoms with Crippen LogP contribution in [0, 0.1) is 17.3 Å². The van der Waals surface area contributed by atoms with Gasteiger partial charge in [-0.1, -0.05) is 68.4 Å². The number of carboxylic acids is 1. The largest absolute Gasteiger partial charge is 0.535 e. The molecule has 31 heteroatoms. The van der Waals surface area contributed by atoms with Crippen LogP contribution in [0.3, 0.4) is 0 Å². The summed E-state index contributed by atoms with van der Waals surface area (Å²) >= 11 is 16.7. The Hall–Kier alpha value is -6.65. The number of para-hydroxylation sites is 2. The molecule has 0 radical (unpaired) electrons. The molecule has 4 fully saturated rings. The third-order valence-electron chi connectivity index (χ3n) is 16.1. The number of nitrogens with two attached hydrogens (primary N) is 1. The van der Waals surface area contributed by atoms with Gasteiger partial charge < -0.3 is 65.3 Å². The maximum Gasteiger partial charge on any atom is 0.526 e. The lowest BCUT2D eigenvalue weighted by Gasteiger charge is -2.64. The molecule has 1 saturated heterocycles. The maximum absolute atomic E-state index is 14.6. The molecule has 482 valence electrons. The molecule has 3 saturated carbocycles. The van der Waals surface area contributed by atoms with Crippen molar-refractivity contribution in [1.82, 2.24) is 31.2 Å². The van der Waals surface area contributed by atoms with Crippen LogP contribution < -0.4 is 41.7 Å². The molecular weight excluding hydrogens is 1260 g/mol. The number of nitrogens with one attached hydrogen (secondary N) is 5. The van der Waals surface area contributed by atoms with Crippen molar-refractivity contribution in [3.8, 4) is 11.5 Å². The van der Waals surface area contributed by atoms with Crippen molar-refractivity contribution in [2.45, 2.75) is 142 Å². The number of amides is 5. The minimum absolute atomic E-state index is 0.0509. The molecule has 2 aromatic heterocycles. The van der Waals surface area contributed by atoms with Gasteiger partial charge in [-0.3, -0.25) is 14.9 Å². The Morgan fingerprint density at radius 2 is 1.48 bits per heavy atom. The van der Waals surface area contributed by atoms with Gasteiger partial charge in [0.15, 0.2) is 21.8 Å². The Labute approximate surface area is 546 Å². The number of rotatable bonds is 21. The molecule has 10 rings (SSSR count). The number of fused-ring (bicyclic) bond motifs is 1. The number of ketones is 2. The van der Waals surface area contributed by atoms with Gasteiger partial charge in [-0.25, -0.2) is 33.9 Å². The molecule has 3 unspecified atom stereocenters. The van der Waals surface area contributed by atoms with Crippen LogP contribution in [0.1, 0.15) is 142 Å². The van der Waals surface area contributed by atoms with Crippen molar-refractivity contribution < 1.29 is 71.9 Å². The van der Waals surface area contributed by atoms with E-state index in [1.54, 1.807) is 69.6 Å². The number of thiazole rings is 2. The zero-order chi connectivity index (χ0) is 65.8. The lowest BCUT2D eigenvalue weighted by Crippen LogP contribution is -2.65. The predicted molar refractivity (Wildman–Crippen MR) is 347 cm³/mol. The molecule has 3 aromatic carbocycles. The molecule has 5 aromatic rings. The molecule has 0 spiro atoms. The average Bonchev–Trinajstić information content (AvgIpc) is 1.36. The second-order valence-electron chi connectivity index (χ2n) is 23.7. The van der Waals surface area contributed by atoms with Crippen LogP contribution in [0.25, 0.3) is 0 Å². The molecule has 5 amide bonds. The average molecular weight is 1340 g/mol. The number of hydrogen-bond donors (Lipinski definition) is 8. The second kappa shape index (κ2) is 31.1. The summed E-state index contributed by atoms with van der Waals surface area (Å²) in [5, 5.41) is 36.6. The second-order valence-corrected chi connectivity index (χ2v) is 27.4. The Kier molecular flexibility index (Phi) is 24.5. The number of ether oxygens (including phenoxy) is 3. The minimum Gasteiger partial charge on any atom is -0.535 e. The summed E-state index contributed by atoms with van der Waals surface area (Å²) in [5.74, 6) is -2.34. The van der Waals surface area contributed by atoms with Crippen LogP contribution in [0.5, 0.6) is 11.5 Å². The monoisotopic (exact) mass is 1340 g/mol. The highest BCUT2D eigenvalue weighted by atomic mass is 35.6. The quantitative estimate of drug-likeness (QED) is 0.0250. The van der Waals surface area contributed by atoms with Gasteiger partial charge in [-0.15, -0.1) is 22.7 Å². The number of hydrogen-bond acceptors (Lipinski definition) is 19. The lowest BCUT2D eigenvalue weighted by molar-refractivity contribution is -0.199. The summed E-state index contributed by atoms with van der Waals surface area (Å²) in [6, 6.07) is 15.9. The van der Waals surface area contributed by atoms with Crippen molar-refractivity contribution in [3.05, 3.63) is 117 Å². The highest BCUT2D eigenvalue weighted by molar-refractivity contribution is 7.54. The number of esters is 1. The fraction of sp³-hybridized carbons (Fsp3) is 0.475. The van der Waals surface area contributed by atoms with E-state index in [1.165, 1.54) is 13.2 Å². The normalized spacial score (nSPS) is 20.1. The van der Waals surface area contributed by atoms with Crippen LogP contribution >= 0.6 is 57.1 Å². The third kappa shape index (κ3) is 18.1. The summed E-state index contributed by atoms with van der Waals surface area (Å²) in [7, 11) is -0.637. The molecule has 5 aliphatic rings. The van der Waals surface area contributed by atoms with E-state index in [4.69, 9.17) is 68.3 Å². The topological polar surface area (TPSA) is 327 Å². The van der Waals surface area contributed by atoms with Gasteiger partial charge in [0, 0.05) is 48.3 Å².